The summed E-state index contributed by atoms with van der Waals surface area (Å²) in [4.78, 5) is 1.54. The van der Waals surface area contributed by atoms with Crippen LogP contribution in [-0.2, 0) is 10.1 Å². The summed E-state index contributed by atoms with van der Waals surface area (Å²) in [6.45, 7) is 1.66. The van der Waals surface area contributed by atoms with Gasteiger partial charge in [-0.15, -0.1) is 0 Å². The van der Waals surface area contributed by atoms with E-state index in [1.165, 1.54) is 4.90 Å². The molecule has 0 amide bonds. The molecule has 0 aliphatic heterocycles. The van der Waals surface area contributed by atoms with E-state index in [0.717, 1.165) is 0 Å². The Labute approximate surface area is 73.3 Å². The highest BCUT2D eigenvalue weighted by atomic mass is 32.2. The Morgan fingerprint density at radius 1 is 1.50 bits per heavy atom. The van der Waals surface area contributed by atoms with Crippen LogP contribution in [0, 0.1) is 12.0 Å². The van der Waals surface area contributed by atoms with Gasteiger partial charge in [-0.2, -0.15) is 8.42 Å². The van der Waals surface area contributed by atoms with E-state index in [-0.39, 0.29) is 0 Å². The third kappa shape index (κ3) is 4.21. The van der Waals surface area contributed by atoms with Gasteiger partial charge in [0.05, 0.1) is 0 Å². The SMILES string of the molecule is CCC(C#CN(C)C)S(=O)(=O)O. The predicted molar refractivity (Wildman–Crippen MR) is 47.1 cm³/mol. The Morgan fingerprint density at radius 2 is 2.00 bits per heavy atom. The minimum atomic E-state index is -4.01. The molecule has 0 rings (SSSR count). The second kappa shape index (κ2) is 4.33. The summed E-state index contributed by atoms with van der Waals surface area (Å²) < 4.78 is 29.9. The highest BCUT2D eigenvalue weighted by Gasteiger charge is 2.17. The summed E-state index contributed by atoms with van der Waals surface area (Å²) in [7, 11) is -0.615. The molecule has 0 spiro atoms. The van der Waals surface area contributed by atoms with E-state index in [4.69, 9.17) is 4.55 Å². The second-order valence-corrected chi connectivity index (χ2v) is 4.16. The van der Waals surface area contributed by atoms with Gasteiger partial charge in [0.25, 0.3) is 10.1 Å². The van der Waals surface area contributed by atoms with Gasteiger partial charge in [-0.3, -0.25) is 4.55 Å². The predicted octanol–water partition coefficient (Wildman–Crippen LogP) is 0.175. The topological polar surface area (TPSA) is 57.6 Å². The first-order valence-electron chi connectivity index (χ1n) is 3.52. The monoisotopic (exact) mass is 191 g/mol. The van der Waals surface area contributed by atoms with Crippen LogP contribution in [0.3, 0.4) is 0 Å². The van der Waals surface area contributed by atoms with Gasteiger partial charge in [0.1, 0.15) is 5.25 Å². The molecule has 1 atom stereocenters. The number of hydrogen-bond donors (Lipinski definition) is 1. The zero-order valence-electron chi connectivity index (χ0n) is 7.40. The zero-order chi connectivity index (χ0) is 9.78. The first kappa shape index (κ1) is 11.3. The van der Waals surface area contributed by atoms with Crippen molar-refractivity contribution in [2.45, 2.75) is 18.6 Å². The minimum absolute atomic E-state index is 0.291. The maximum absolute atomic E-state index is 10.6. The average Bonchev–Trinajstić information content (AvgIpc) is 1.85. The molecule has 0 radical (unpaired) electrons. The fraction of sp³-hybridized carbons (Fsp3) is 0.714. The fourth-order valence-electron chi connectivity index (χ4n) is 0.588. The molecule has 12 heavy (non-hydrogen) atoms. The summed E-state index contributed by atoms with van der Waals surface area (Å²) in [5, 5.41) is -0.972. The summed E-state index contributed by atoms with van der Waals surface area (Å²) >= 11 is 0. The van der Waals surface area contributed by atoms with Gasteiger partial charge in [-0.25, -0.2) is 0 Å². The van der Waals surface area contributed by atoms with E-state index in [0.29, 0.717) is 6.42 Å². The Bertz CT molecular complexity index is 284. The van der Waals surface area contributed by atoms with Gasteiger partial charge >= 0.3 is 0 Å². The Kier molecular flexibility index (Phi) is 4.07. The fourth-order valence-corrected chi connectivity index (χ4v) is 1.21. The van der Waals surface area contributed by atoms with Crippen LogP contribution in [0.4, 0.5) is 0 Å². The lowest BCUT2D eigenvalue weighted by atomic mass is 10.3. The van der Waals surface area contributed by atoms with Gasteiger partial charge in [0.15, 0.2) is 0 Å². The van der Waals surface area contributed by atoms with Crippen LogP contribution in [0.1, 0.15) is 13.3 Å². The molecule has 1 unspecified atom stereocenters. The van der Waals surface area contributed by atoms with E-state index >= 15 is 0 Å². The molecular formula is C7H13NO3S. The van der Waals surface area contributed by atoms with Gasteiger partial charge in [-0.05, 0) is 6.42 Å². The molecule has 5 heteroatoms. The van der Waals surface area contributed by atoms with Crippen LogP contribution in [0.2, 0.25) is 0 Å². The molecule has 0 aromatic carbocycles. The number of rotatable bonds is 2. The van der Waals surface area contributed by atoms with E-state index in [9.17, 15) is 8.42 Å². The smallest absolute Gasteiger partial charge is 0.279 e. The third-order valence-electron chi connectivity index (χ3n) is 1.18. The molecule has 0 aromatic rings. The Balaban J connectivity index is 4.54. The van der Waals surface area contributed by atoms with Crippen molar-refractivity contribution in [2.24, 2.45) is 0 Å². The first-order valence-corrected chi connectivity index (χ1v) is 5.03. The average molecular weight is 191 g/mol. The lowest BCUT2D eigenvalue weighted by Crippen LogP contribution is -2.18. The summed E-state index contributed by atoms with van der Waals surface area (Å²) in [6.07, 6.45) is 0.291. The van der Waals surface area contributed by atoms with Gasteiger partial charge in [0.2, 0.25) is 0 Å². The van der Waals surface area contributed by atoms with Crippen molar-refractivity contribution < 1.29 is 13.0 Å². The van der Waals surface area contributed by atoms with Crippen LogP contribution in [0.15, 0.2) is 0 Å². The van der Waals surface area contributed by atoms with E-state index < -0.39 is 15.4 Å². The molecule has 0 heterocycles. The molecule has 70 valence electrons. The van der Waals surface area contributed by atoms with Crippen molar-refractivity contribution in [1.82, 2.24) is 4.90 Å². The van der Waals surface area contributed by atoms with E-state index in [1.807, 2.05) is 0 Å². The lowest BCUT2D eigenvalue weighted by Gasteiger charge is -2.03. The maximum atomic E-state index is 10.6. The van der Waals surface area contributed by atoms with Crippen LogP contribution in [0.25, 0.3) is 0 Å². The van der Waals surface area contributed by atoms with Crippen LogP contribution in [0.5, 0.6) is 0 Å². The zero-order valence-corrected chi connectivity index (χ0v) is 8.22. The maximum Gasteiger partial charge on any atom is 0.279 e. The van der Waals surface area contributed by atoms with Gasteiger partial charge in [0, 0.05) is 20.1 Å². The van der Waals surface area contributed by atoms with E-state index in [1.54, 1.807) is 21.0 Å². The molecule has 1 N–H and O–H groups in total. The summed E-state index contributed by atoms with van der Waals surface area (Å²) in [5.74, 6) is 2.45. The standard InChI is InChI=1S/C7H13NO3S/c1-4-7(12(9,10)11)5-6-8(2)3/h7H,4H2,1-3H3,(H,9,10,11). The third-order valence-corrected chi connectivity index (χ3v) is 2.35. The molecule has 0 bridgehead atoms. The van der Waals surface area contributed by atoms with Crippen LogP contribution in [-0.4, -0.2) is 37.2 Å². The highest BCUT2D eigenvalue weighted by molar-refractivity contribution is 7.86. The molecule has 0 fully saturated rings. The molecule has 0 aromatic heterocycles. The molecule has 4 nitrogen and oxygen atoms in total. The van der Waals surface area contributed by atoms with Gasteiger partial charge in [-0.1, -0.05) is 12.8 Å². The highest BCUT2D eigenvalue weighted by Crippen LogP contribution is 2.01. The normalized spacial score (nSPS) is 13.0. The number of hydrogen-bond acceptors (Lipinski definition) is 3. The number of nitrogens with zero attached hydrogens (tertiary/aromatic N) is 1. The van der Waals surface area contributed by atoms with Crippen molar-refractivity contribution in [2.75, 3.05) is 14.1 Å². The van der Waals surface area contributed by atoms with E-state index in [2.05, 4.69) is 12.0 Å². The summed E-state index contributed by atoms with van der Waals surface area (Å²) in [5.41, 5.74) is 0. The Hall–Kier alpha value is -0.730. The Morgan fingerprint density at radius 3 is 2.25 bits per heavy atom. The largest absolute Gasteiger partial charge is 0.339 e. The van der Waals surface area contributed by atoms with Crippen molar-refractivity contribution in [3.8, 4) is 12.0 Å². The summed E-state index contributed by atoms with van der Waals surface area (Å²) in [6, 6.07) is 2.55. The minimum Gasteiger partial charge on any atom is -0.339 e. The van der Waals surface area contributed by atoms with Crippen molar-refractivity contribution in [3.63, 3.8) is 0 Å². The van der Waals surface area contributed by atoms with Crippen molar-refractivity contribution in [3.05, 3.63) is 0 Å². The van der Waals surface area contributed by atoms with Crippen LogP contribution >= 0.6 is 0 Å². The van der Waals surface area contributed by atoms with Gasteiger partial charge < -0.3 is 4.90 Å². The van der Waals surface area contributed by atoms with Crippen LogP contribution < -0.4 is 0 Å². The second-order valence-electron chi connectivity index (χ2n) is 2.56. The molecule has 0 saturated carbocycles. The van der Waals surface area contributed by atoms with Crippen molar-refractivity contribution >= 4 is 10.1 Å². The van der Waals surface area contributed by atoms with Crippen molar-refractivity contribution in [1.29, 1.82) is 0 Å². The molecule has 0 aliphatic rings. The first-order chi connectivity index (χ1) is 5.38. The molecule has 0 saturated heterocycles. The quantitative estimate of drug-likeness (QED) is 0.384. The molecule has 0 aliphatic carbocycles. The lowest BCUT2D eigenvalue weighted by molar-refractivity contribution is 0.474. The molecular weight excluding hydrogens is 178 g/mol.